The summed E-state index contributed by atoms with van der Waals surface area (Å²) < 4.78 is 54.2. The highest BCUT2D eigenvalue weighted by molar-refractivity contribution is 5.64. The molecule has 3 rings (SSSR count). The lowest BCUT2D eigenvalue weighted by Gasteiger charge is -2.14. The maximum absolute atomic E-state index is 14.5. The molecule has 156 valence electrons. The van der Waals surface area contributed by atoms with Crippen molar-refractivity contribution in [2.45, 2.75) is 38.8 Å². The molecule has 0 bridgehead atoms. The number of alkyl halides is 3. The Kier molecular flexibility index (Phi) is 6.76. The SMILES string of the molecule is C=Cc1ccc(CCc2ccc(-c3ccc(CCC)cc3)cc2)c(F)c1C(F)(F)F. The van der Waals surface area contributed by atoms with E-state index in [0.717, 1.165) is 35.6 Å². The largest absolute Gasteiger partial charge is 0.419 e. The maximum Gasteiger partial charge on any atom is 0.419 e. The summed E-state index contributed by atoms with van der Waals surface area (Å²) in [4.78, 5) is 0. The van der Waals surface area contributed by atoms with Crippen molar-refractivity contribution >= 4 is 6.08 Å². The van der Waals surface area contributed by atoms with E-state index in [-0.39, 0.29) is 17.5 Å². The minimum Gasteiger partial charge on any atom is -0.206 e. The number of hydrogen-bond acceptors (Lipinski definition) is 0. The Morgan fingerprint density at radius 2 is 1.30 bits per heavy atom. The van der Waals surface area contributed by atoms with Crippen molar-refractivity contribution in [1.29, 1.82) is 0 Å². The maximum atomic E-state index is 14.5. The van der Waals surface area contributed by atoms with Crippen molar-refractivity contribution < 1.29 is 17.6 Å². The first kappa shape index (κ1) is 21.8. The normalized spacial score (nSPS) is 11.5. The Hall–Kier alpha value is -2.88. The molecule has 3 aromatic rings. The van der Waals surface area contributed by atoms with E-state index < -0.39 is 17.6 Å². The molecule has 0 radical (unpaired) electrons. The Balaban J connectivity index is 1.73. The molecule has 0 spiro atoms. The fraction of sp³-hybridized carbons (Fsp3) is 0.231. The lowest BCUT2D eigenvalue weighted by atomic mass is 9.96. The molecule has 0 saturated carbocycles. The third kappa shape index (κ3) is 4.99. The monoisotopic (exact) mass is 412 g/mol. The van der Waals surface area contributed by atoms with Crippen LogP contribution >= 0.6 is 0 Å². The molecule has 0 heterocycles. The second-order valence-electron chi connectivity index (χ2n) is 7.35. The number of benzene rings is 3. The molecular formula is C26H24F4. The smallest absolute Gasteiger partial charge is 0.206 e. The molecule has 0 nitrogen and oxygen atoms in total. The Morgan fingerprint density at radius 1 is 0.767 bits per heavy atom. The van der Waals surface area contributed by atoms with Crippen LogP contribution in [0.25, 0.3) is 17.2 Å². The van der Waals surface area contributed by atoms with Gasteiger partial charge in [0.1, 0.15) is 5.82 Å². The number of aryl methyl sites for hydroxylation is 3. The van der Waals surface area contributed by atoms with Crippen molar-refractivity contribution in [2.24, 2.45) is 0 Å². The fourth-order valence-electron chi connectivity index (χ4n) is 3.58. The van der Waals surface area contributed by atoms with E-state index in [9.17, 15) is 17.6 Å². The quantitative estimate of drug-likeness (QED) is 0.346. The zero-order chi connectivity index (χ0) is 21.7. The van der Waals surface area contributed by atoms with Gasteiger partial charge in [0.15, 0.2) is 0 Å². The van der Waals surface area contributed by atoms with Crippen LogP contribution in [0.5, 0.6) is 0 Å². The van der Waals surface area contributed by atoms with Crippen molar-refractivity contribution in [1.82, 2.24) is 0 Å². The van der Waals surface area contributed by atoms with Gasteiger partial charge in [-0.3, -0.25) is 0 Å². The average Bonchev–Trinajstić information content (AvgIpc) is 2.73. The molecule has 0 fully saturated rings. The molecular weight excluding hydrogens is 388 g/mol. The van der Waals surface area contributed by atoms with Gasteiger partial charge in [0.2, 0.25) is 0 Å². The number of halogens is 4. The zero-order valence-corrected chi connectivity index (χ0v) is 16.9. The molecule has 0 aliphatic heterocycles. The van der Waals surface area contributed by atoms with Crippen LogP contribution in [0.1, 0.15) is 41.2 Å². The summed E-state index contributed by atoms with van der Waals surface area (Å²) in [5.41, 5.74) is 3.02. The summed E-state index contributed by atoms with van der Waals surface area (Å²) in [5.74, 6) is -1.20. The molecule has 0 aliphatic carbocycles. The second kappa shape index (κ2) is 9.29. The van der Waals surface area contributed by atoms with Crippen LogP contribution in [-0.4, -0.2) is 0 Å². The topological polar surface area (TPSA) is 0 Å². The molecule has 0 aromatic heterocycles. The third-order valence-corrected chi connectivity index (χ3v) is 5.22. The highest BCUT2D eigenvalue weighted by Crippen LogP contribution is 2.36. The zero-order valence-electron chi connectivity index (χ0n) is 16.9. The van der Waals surface area contributed by atoms with Crippen LogP contribution in [0.4, 0.5) is 17.6 Å². The van der Waals surface area contributed by atoms with Gasteiger partial charge in [-0.25, -0.2) is 4.39 Å². The van der Waals surface area contributed by atoms with Gasteiger partial charge in [0.05, 0.1) is 5.56 Å². The summed E-state index contributed by atoms with van der Waals surface area (Å²) in [6, 6.07) is 19.0. The Morgan fingerprint density at radius 3 is 1.77 bits per heavy atom. The molecule has 0 unspecified atom stereocenters. The summed E-state index contributed by atoms with van der Waals surface area (Å²) >= 11 is 0. The Bertz CT molecular complexity index is 997. The first-order valence-electron chi connectivity index (χ1n) is 10.0. The second-order valence-corrected chi connectivity index (χ2v) is 7.35. The van der Waals surface area contributed by atoms with Crippen LogP contribution in [0.15, 0.2) is 67.2 Å². The van der Waals surface area contributed by atoms with Gasteiger partial charge in [-0.05, 0) is 52.6 Å². The van der Waals surface area contributed by atoms with Crippen LogP contribution < -0.4 is 0 Å². The molecule has 30 heavy (non-hydrogen) atoms. The van der Waals surface area contributed by atoms with Gasteiger partial charge in [-0.2, -0.15) is 13.2 Å². The number of hydrogen-bond donors (Lipinski definition) is 0. The molecule has 0 aliphatic rings. The van der Waals surface area contributed by atoms with E-state index in [0.29, 0.717) is 6.42 Å². The lowest BCUT2D eigenvalue weighted by Crippen LogP contribution is -2.13. The molecule has 4 heteroatoms. The predicted molar refractivity (Wildman–Crippen MR) is 115 cm³/mol. The minimum absolute atomic E-state index is 0.0588. The van der Waals surface area contributed by atoms with Crippen LogP contribution in [0.3, 0.4) is 0 Å². The lowest BCUT2D eigenvalue weighted by molar-refractivity contribution is -0.140. The molecule has 0 atom stereocenters. The van der Waals surface area contributed by atoms with E-state index in [1.165, 1.54) is 17.7 Å². The van der Waals surface area contributed by atoms with Crippen LogP contribution in [0, 0.1) is 5.82 Å². The summed E-state index contributed by atoms with van der Waals surface area (Å²) in [6.45, 7) is 5.50. The van der Waals surface area contributed by atoms with Crippen LogP contribution in [-0.2, 0) is 25.4 Å². The van der Waals surface area contributed by atoms with Crippen molar-refractivity contribution in [3.8, 4) is 11.1 Å². The minimum atomic E-state index is -4.75. The van der Waals surface area contributed by atoms with Gasteiger partial charge in [-0.1, -0.05) is 86.7 Å². The standard InChI is InChI=1S/C26H24F4/c1-3-5-18-6-11-21(12-7-18)22-13-8-19(9-14-22)10-15-23-17-16-20(4-2)24(25(23)27)26(28,29)30/h4,6-9,11-14,16-17H,2-3,5,10,15H2,1H3. The fourth-order valence-corrected chi connectivity index (χ4v) is 3.58. The van der Waals surface area contributed by atoms with Crippen molar-refractivity contribution in [3.05, 3.63) is 101 Å². The van der Waals surface area contributed by atoms with E-state index in [2.05, 4.69) is 37.8 Å². The highest BCUT2D eigenvalue weighted by Gasteiger charge is 2.37. The van der Waals surface area contributed by atoms with Crippen molar-refractivity contribution in [2.75, 3.05) is 0 Å². The van der Waals surface area contributed by atoms with Gasteiger partial charge in [0.25, 0.3) is 0 Å². The van der Waals surface area contributed by atoms with E-state index in [4.69, 9.17) is 0 Å². The highest BCUT2D eigenvalue weighted by atomic mass is 19.4. The van der Waals surface area contributed by atoms with Crippen molar-refractivity contribution in [3.63, 3.8) is 0 Å². The molecule has 0 saturated heterocycles. The summed E-state index contributed by atoms with van der Waals surface area (Å²) in [6.07, 6.45) is -0.912. The van der Waals surface area contributed by atoms with E-state index in [1.54, 1.807) is 0 Å². The molecule has 3 aromatic carbocycles. The average molecular weight is 412 g/mol. The molecule has 0 N–H and O–H groups in total. The van der Waals surface area contributed by atoms with Crippen LogP contribution in [0.2, 0.25) is 0 Å². The number of rotatable bonds is 7. The first-order chi connectivity index (χ1) is 14.3. The van der Waals surface area contributed by atoms with E-state index in [1.807, 2.05) is 24.3 Å². The third-order valence-electron chi connectivity index (χ3n) is 5.22. The van der Waals surface area contributed by atoms with Gasteiger partial charge in [0, 0.05) is 0 Å². The summed E-state index contributed by atoms with van der Waals surface area (Å²) in [5, 5.41) is 0. The first-order valence-corrected chi connectivity index (χ1v) is 10.0. The Labute approximate surface area is 174 Å². The van der Waals surface area contributed by atoms with Gasteiger partial charge < -0.3 is 0 Å². The predicted octanol–water partition coefficient (Wildman–Crippen LogP) is 7.89. The molecule has 0 amide bonds. The van der Waals surface area contributed by atoms with Gasteiger partial charge in [-0.15, -0.1) is 0 Å². The van der Waals surface area contributed by atoms with Gasteiger partial charge >= 0.3 is 6.18 Å². The summed E-state index contributed by atoms with van der Waals surface area (Å²) in [7, 11) is 0. The van der Waals surface area contributed by atoms with E-state index >= 15 is 0 Å².